The van der Waals surface area contributed by atoms with Gasteiger partial charge in [0.05, 0.1) is 0 Å². The van der Waals surface area contributed by atoms with E-state index in [1.54, 1.807) is 24.5 Å². The SMILES string of the molecule is CN(C)CCN(Cc1cccnc1)S(=O)(=O)c1ccccc1F. The first-order valence-corrected chi connectivity index (χ1v) is 8.63. The average molecular weight is 337 g/mol. The van der Waals surface area contributed by atoms with E-state index >= 15 is 0 Å². The van der Waals surface area contributed by atoms with Crippen LogP contribution in [0.1, 0.15) is 5.56 Å². The lowest BCUT2D eigenvalue weighted by Crippen LogP contribution is -2.36. The Hall–Kier alpha value is -1.83. The number of rotatable bonds is 7. The topological polar surface area (TPSA) is 53.5 Å². The molecule has 2 aromatic rings. The van der Waals surface area contributed by atoms with Crippen molar-refractivity contribution in [3.8, 4) is 0 Å². The van der Waals surface area contributed by atoms with Crippen molar-refractivity contribution >= 4 is 10.0 Å². The molecule has 0 N–H and O–H groups in total. The summed E-state index contributed by atoms with van der Waals surface area (Å²) in [6.45, 7) is 0.949. The van der Waals surface area contributed by atoms with Crippen LogP contribution in [0.2, 0.25) is 0 Å². The lowest BCUT2D eigenvalue weighted by Gasteiger charge is -2.24. The molecule has 1 heterocycles. The molecule has 0 aliphatic carbocycles. The monoisotopic (exact) mass is 337 g/mol. The van der Waals surface area contributed by atoms with Gasteiger partial charge in [0.25, 0.3) is 0 Å². The minimum Gasteiger partial charge on any atom is -0.308 e. The van der Waals surface area contributed by atoms with E-state index in [-0.39, 0.29) is 18.0 Å². The van der Waals surface area contributed by atoms with Gasteiger partial charge in [-0.2, -0.15) is 4.31 Å². The van der Waals surface area contributed by atoms with Crippen molar-refractivity contribution in [3.63, 3.8) is 0 Å². The fourth-order valence-electron chi connectivity index (χ4n) is 2.08. The van der Waals surface area contributed by atoms with Gasteiger partial charge >= 0.3 is 0 Å². The van der Waals surface area contributed by atoms with Gasteiger partial charge in [-0.05, 0) is 37.9 Å². The summed E-state index contributed by atoms with van der Waals surface area (Å²) < 4.78 is 40.9. The molecule has 0 bridgehead atoms. The molecule has 0 aliphatic rings. The van der Waals surface area contributed by atoms with Gasteiger partial charge in [0.15, 0.2) is 0 Å². The molecule has 5 nitrogen and oxygen atoms in total. The minimum absolute atomic E-state index is 0.151. The summed E-state index contributed by atoms with van der Waals surface area (Å²) in [6, 6.07) is 8.98. The Kier molecular flexibility index (Phi) is 5.81. The van der Waals surface area contributed by atoms with Gasteiger partial charge in [0.1, 0.15) is 10.7 Å². The fourth-order valence-corrected chi connectivity index (χ4v) is 3.57. The van der Waals surface area contributed by atoms with Gasteiger partial charge in [-0.15, -0.1) is 0 Å². The molecule has 1 aromatic heterocycles. The molecular formula is C16H20FN3O2S. The Morgan fingerprint density at radius 1 is 1.09 bits per heavy atom. The first-order chi connectivity index (χ1) is 10.9. The highest BCUT2D eigenvalue weighted by molar-refractivity contribution is 7.89. The molecule has 0 atom stereocenters. The van der Waals surface area contributed by atoms with E-state index in [1.165, 1.54) is 22.5 Å². The third-order valence-corrected chi connectivity index (χ3v) is 5.21. The van der Waals surface area contributed by atoms with Gasteiger partial charge in [0, 0.05) is 32.0 Å². The van der Waals surface area contributed by atoms with Crippen LogP contribution < -0.4 is 0 Å². The van der Waals surface area contributed by atoms with Crippen molar-refractivity contribution in [2.75, 3.05) is 27.2 Å². The number of hydrogen-bond acceptors (Lipinski definition) is 4. The van der Waals surface area contributed by atoms with Gasteiger partial charge in [0.2, 0.25) is 10.0 Å². The Bertz CT molecular complexity index is 736. The number of hydrogen-bond donors (Lipinski definition) is 0. The quantitative estimate of drug-likeness (QED) is 0.775. The van der Waals surface area contributed by atoms with Crippen molar-refractivity contribution in [2.24, 2.45) is 0 Å². The Balaban J connectivity index is 2.34. The summed E-state index contributed by atoms with van der Waals surface area (Å²) in [5.41, 5.74) is 0.756. The Morgan fingerprint density at radius 2 is 1.83 bits per heavy atom. The van der Waals surface area contributed by atoms with E-state index in [2.05, 4.69) is 4.98 Å². The number of likely N-dealkylation sites (N-methyl/N-ethyl adjacent to an activating group) is 1. The molecule has 0 radical (unpaired) electrons. The van der Waals surface area contributed by atoms with Gasteiger partial charge < -0.3 is 4.90 Å². The zero-order chi connectivity index (χ0) is 16.9. The highest BCUT2D eigenvalue weighted by atomic mass is 32.2. The highest BCUT2D eigenvalue weighted by Gasteiger charge is 2.27. The molecule has 7 heteroatoms. The standard InChI is InChI=1S/C16H20FN3O2S/c1-19(2)10-11-20(13-14-6-5-9-18-12-14)23(21,22)16-8-4-3-7-15(16)17/h3-9,12H,10-11,13H2,1-2H3. The van der Waals surface area contributed by atoms with E-state index in [1.807, 2.05) is 19.0 Å². The maximum atomic E-state index is 14.0. The van der Waals surface area contributed by atoms with Crippen LogP contribution in [0.3, 0.4) is 0 Å². The first-order valence-electron chi connectivity index (χ1n) is 7.19. The molecule has 2 rings (SSSR count). The summed E-state index contributed by atoms with van der Waals surface area (Å²) in [4.78, 5) is 5.58. The van der Waals surface area contributed by atoms with Crippen LogP contribution in [-0.4, -0.2) is 49.8 Å². The van der Waals surface area contributed by atoms with Gasteiger partial charge in [-0.25, -0.2) is 12.8 Å². The second kappa shape index (κ2) is 7.63. The molecular weight excluding hydrogens is 317 g/mol. The van der Waals surface area contributed by atoms with Crippen molar-refractivity contribution in [1.82, 2.24) is 14.2 Å². The first kappa shape index (κ1) is 17.5. The molecule has 23 heavy (non-hydrogen) atoms. The predicted molar refractivity (Wildman–Crippen MR) is 86.8 cm³/mol. The maximum Gasteiger partial charge on any atom is 0.246 e. The normalized spacial score (nSPS) is 12.0. The lowest BCUT2D eigenvalue weighted by atomic mass is 10.3. The molecule has 0 amide bonds. The summed E-state index contributed by atoms with van der Waals surface area (Å²) in [5.74, 6) is -0.742. The minimum atomic E-state index is -3.92. The zero-order valence-corrected chi connectivity index (χ0v) is 14.0. The van der Waals surface area contributed by atoms with Crippen LogP contribution in [0.5, 0.6) is 0 Å². The molecule has 0 aliphatic heterocycles. The Labute approximate surface area is 136 Å². The summed E-state index contributed by atoms with van der Waals surface area (Å²) in [6.07, 6.45) is 3.23. The van der Waals surface area contributed by atoms with Crippen molar-refractivity contribution < 1.29 is 12.8 Å². The van der Waals surface area contributed by atoms with E-state index in [4.69, 9.17) is 0 Å². The molecule has 1 aromatic carbocycles. The third kappa shape index (κ3) is 4.57. The number of aromatic nitrogens is 1. The van der Waals surface area contributed by atoms with Gasteiger partial charge in [-0.1, -0.05) is 18.2 Å². The van der Waals surface area contributed by atoms with Crippen LogP contribution in [0.15, 0.2) is 53.7 Å². The summed E-state index contributed by atoms with van der Waals surface area (Å²) in [7, 11) is -0.204. The number of sulfonamides is 1. The molecule has 0 fully saturated rings. The van der Waals surface area contributed by atoms with Crippen LogP contribution in [0.4, 0.5) is 4.39 Å². The van der Waals surface area contributed by atoms with E-state index < -0.39 is 15.8 Å². The Morgan fingerprint density at radius 3 is 2.43 bits per heavy atom. The van der Waals surface area contributed by atoms with Gasteiger partial charge in [-0.3, -0.25) is 4.98 Å². The average Bonchev–Trinajstić information content (AvgIpc) is 2.52. The smallest absolute Gasteiger partial charge is 0.246 e. The number of benzene rings is 1. The number of halogens is 1. The number of pyridine rings is 1. The largest absolute Gasteiger partial charge is 0.308 e. The van der Waals surface area contributed by atoms with E-state index in [9.17, 15) is 12.8 Å². The molecule has 0 saturated heterocycles. The van der Waals surface area contributed by atoms with Crippen molar-refractivity contribution in [2.45, 2.75) is 11.4 Å². The van der Waals surface area contributed by atoms with Crippen molar-refractivity contribution in [1.29, 1.82) is 0 Å². The molecule has 0 unspecified atom stereocenters. The predicted octanol–water partition coefficient (Wildman–Crippen LogP) is 1.97. The highest BCUT2D eigenvalue weighted by Crippen LogP contribution is 2.20. The lowest BCUT2D eigenvalue weighted by molar-refractivity contribution is 0.328. The van der Waals surface area contributed by atoms with Crippen molar-refractivity contribution in [3.05, 3.63) is 60.2 Å². The zero-order valence-electron chi connectivity index (χ0n) is 13.2. The van der Waals surface area contributed by atoms with Crippen LogP contribution in [0.25, 0.3) is 0 Å². The molecule has 0 saturated carbocycles. The van der Waals surface area contributed by atoms with Crippen LogP contribution >= 0.6 is 0 Å². The molecule has 124 valence electrons. The summed E-state index contributed by atoms with van der Waals surface area (Å²) in [5, 5.41) is 0. The van der Waals surface area contributed by atoms with E-state index in [0.717, 1.165) is 11.6 Å². The molecule has 0 spiro atoms. The van der Waals surface area contributed by atoms with Crippen LogP contribution in [-0.2, 0) is 16.6 Å². The number of nitrogens with zero attached hydrogens (tertiary/aromatic N) is 3. The van der Waals surface area contributed by atoms with Crippen LogP contribution in [0, 0.1) is 5.82 Å². The second-order valence-corrected chi connectivity index (χ2v) is 7.34. The summed E-state index contributed by atoms with van der Waals surface area (Å²) >= 11 is 0. The maximum absolute atomic E-state index is 14.0. The van der Waals surface area contributed by atoms with E-state index in [0.29, 0.717) is 6.54 Å². The fraction of sp³-hybridized carbons (Fsp3) is 0.312. The third-order valence-electron chi connectivity index (χ3n) is 3.33. The second-order valence-electron chi connectivity index (χ2n) is 5.43.